The van der Waals surface area contributed by atoms with Crippen LogP contribution in [0.25, 0.3) is 0 Å². The standard InChI is InChI=1S/C11H13BrO2/c1-3-10-9(7-12)5-4-6-11(10)14-8(2)13/h4-6H,3,7H2,1-2H3. The van der Waals surface area contributed by atoms with Crippen molar-refractivity contribution in [2.75, 3.05) is 0 Å². The molecule has 14 heavy (non-hydrogen) atoms. The Hall–Kier alpha value is -0.830. The summed E-state index contributed by atoms with van der Waals surface area (Å²) in [4.78, 5) is 10.8. The first-order valence-corrected chi connectivity index (χ1v) is 5.66. The fourth-order valence-electron chi connectivity index (χ4n) is 1.39. The van der Waals surface area contributed by atoms with Gasteiger partial charge in [0.25, 0.3) is 0 Å². The largest absolute Gasteiger partial charge is 0.426 e. The number of carbonyl (C=O) groups is 1. The molecule has 0 atom stereocenters. The topological polar surface area (TPSA) is 26.3 Å². The van der Waals surface area contributed by atoms with E-state index in [9.17, 15) is 4.79 Å². The minimum absolute atomic E-state index is 0.272. The van der Waals surface area contributed by atoms with Gasteiger partial charge in [-0.05, 0) is 23.6 Å². The highest BCUT2D eigenvalue weighted by Gasteiger charge is 2.08. The lowest BCUT2D eigenvalue weighted by molar-refractivity contribution is -0.131. The smallest absolute Gasteiger partial charge is 0.308 e. The van der Waals surface area contributed by atoms with Gasteiger partial charge in [-0.15, -0.1) is 0 Å². The normalized spacial score (nSPS) is 9.93. The SMILES string of the molecule is CCc1c(CBr)cccc1OC(C)=O. The Kier molecular flexibility index (Phi) is 4.14. The van der Waals surface area contributed by atoms with Gasteiger partial charge in [0.2, 0.25) is 0 Å². The molecule has 0 heterocycles. The van der Waals surface area contributed by atoms with E-state index in [1.165, 1.54) is 12.5 Å². The Labute approximate surface area is 92.4 Å². The van der Waals surface area contributed by atoms with Crippen LogP contribution in [-0.2, 0) is 16.5 Å². The lowest BCUT2D eigenvalue weighted by Gasteiger charge is -2.10. The van der Waals surface area contributed by atoms with Crippen LogP contribution in [0.15, 0.2) is 18.2 Å². The van der Waals surface area contributed by atoms with E-state index in [0.29, 0.717) is 5.75 Å². The maximum Gasteiger partial charge on any atom is 0.308 e. The van der Waals surface area contributed by atoms with Crippen molar-refractivity contribution in [1.29, 1.82) is 0 Å². The van der Waals surface area contributed by atoms with Crippen molar-refractivity contribution < 1.29 is 9.53 Å². The molecule has 0 unspecified atom stereocenters. The predicted octanol–water partition coefficient (Wildman–Crippen LogP) is 3.07. The number of alkyl halides is 1. The summed E-state index contributed by atoms with van der Waals surface area (Å²) in [6, 6.07) is 5.75. The van der Waals surface area contributed by atoms with Crippen LogP contribution in [-0.4, -0.2) is 5.97 Å². The molecule has 1 aromatic carbocycles. The molecular formula is C11H13BrO2. The third kappa shape index (κ3) is 2.58. The van der Waals surface area contributed by atoms with E-state index in [2.05, 4.69) is 22.9 Å². The molecule has 0 saturated heterocycles. The van der Waals surface area contributed by atoms with Crippen molar-refractivity contribution >= 4 is 21.9 Å². The molecule has 1 aromatic rings. The van der Waals surface area contributed by atoms with Crippen molar-refractivity contribution in [3.8, 4) is 5.75 Å². The number of halogens is 1. The minimum Gasteiger partial charge on any atom is -0.426 e. The van der Waals surface area contributed by atoms with Crippen molar-refractivity contribution in [3.05, 3.63) is 29.3 Å². The van der Waals surface area contributed by atoms with Crippen LogP contribution in [0.5, 0.6) is 5.75 Å². The Balaban J connectivity index is 3.08. The molecule has 0 bridgehead atoms. The number of hydrogen-bond acceptors (Lipinski definition) is 2. The van der Waals surface area contributed by atoms with Crippen LogP contribution < -0.4 is 4.74 Å². The lowest BCUT2D eigenvalue weighted by Crippen LogP contribution is -2.05. The van der Waals surface area contributed by atoms with E-state index in [-0.39, 0.29) is 5.97 Å². The van der Waals surface area contributed by atoms with E-state index in [1.54, 1.807) is 0 Å². The number of esters is 1. The van der Waals surface area contributed by atoms with Crippen molar-refractivity contribution in [2.24, 2.45) is 0 Å². The van der Waals surface area contributed by atoms with Gasteiger partial charge in [0.1, 0.15) is 5.75 Å². The summed E-state index contributed by atoms with van der Waals surface area (Å²) in [6.07, 6.45) is 0.865. The van der Waals surface area contributed by atoms with Gasteiger partial charge < -0.3 is 4.74 Å². The van der Waals surface area contributed by atoms with Crippen LogP contribution in [0.1, 0.15) is 25.0 Å². The zero-order valence-electron chi connectivity index (χ0n) is 8.34. The highest BCUT2D eigenvalue weighted by atomic mass is 79.9. The number of ether oxygens (including phenoxy) is 1. The third-order valence-electron chi connectivity index (χ3n) is 1.98. The van der Waals surface area contributed by atoms with Crippen LogP contribution in [0.2, 0.25) is 0 Å². The maximum absolute atomic E-state index is 10.8. The van der Waals surface area contributed by atoms with Gasteiger partial charge in [0.15, 0.2) is 0 Å². The number of hydrogen-bond donors (Lipinski definition) is 0. The molecule has 76 valence electrons. The fraction of sp³-hybridized carbons (Fsp3) is 0.364. The second kappa shape index (κ2) is 5.15. The molecule has 0 aliphatic carbocycles. The molecular weight excluding hydrogens is 244 g/mol. The van der Waals surface area contributed by atoms with Crippen molar-refractivity contribution in [2.45, 2.75) is 25.6 Å². The highest BCUT2D eigenvalue weighted by Crippen LogP contribution is 2.24. The second-order valence-electron chi connectivity index (χ2n) is 2.97. The third-order valence-corrected chi connectivity index (χ3v) is 2.59. The number of rotatable bonds is 3. The summed E-state index contributed by atoms with van der Waals surface area (Å²) in [6.45, 7) is 3.47. The fourth-order valence-corrected chi connectivity index (χ4v) is 1.91. The average Bonchev–Trinajstić information content (AvgIpc) is 2.16. The van der Waals surface area contributed by atoms with E-state index >= 15 is 0 Å². The zero-order chi connectivity index (χ0) is 10.6. The summed E-state index contributed by atoms with van der Waals surface area (Å²) < 4.78 is 5.12. The summed E-state index contributed by atoms with van der Waals surface area (Å²) in [7, 11) is 0. The van der Waals surface area contributed by atoms with Gasteiger partial charge in [0, 0.05) is 12.3 Å². The number of carbonyl (C=O) groups excluding carboxylic acids is 1. The highest BCUT2D eigenvalue weighted by molar-refractivity contribution is 9.08. The molecule has 0 saturated carbocycles. The van der Waals surface area contributed by atoms with Gasteiger partial charge in [-0.1, -0.05) is 35.0 Å². The van der Waals surface area contributed by atoms with Gasteiger partial charge in [-0.25, -0.2) is 0 Å². The molecule has 1 rings (SSSR count). The molecule has 2 nitrogen and oxygen atoms in total. The molecule has 0 N–H and O–H groups in total. The number of benzene rings is 1. The minimum atomic E-state index is -0.272. The van der Waals surface area contributed by atoms with Crippen LogP contribution in [0.4, 0.5) is 0 Å². The quantitative estimate of drug-likeness (QED) is 0.472. The van der Waals surface area contributed by atoms with Gasteiger partial charge >= 0.3 is 5.97 Å². The molecule has 0 aliphatic rings. The molecule has 0 aromatic heterocycles. The first-order chi connectivity index (χ1) is 6.69. The Morgan fingerprint density at radius 3 is 2.71 bits per heavy atom. The Bertz CT molecular complexity index is 334. The molecule has 3 heteroatoms. The average molecular weight is 257 g/mol. The first kappa shape index (κ1) is 11.2. The monoisotopic (exact) mass is 256 g/mol. The van der Waals surface area contributed by atoms with Crippen LogP contribution in [0.3, 0.4) is 0 Å². The van der Waals surface area contributed by atoms with Crippen LogP contribution in [0, 0.1) is 0 Å². The maximum atomic E-state index is 10.8. The zero-order valence-corrected chi connectivity index (χ0v) is 9.93. The van der Waals surface area contributed by atoms with Gasteiger partial charge in [-0.3, -0.25) is 4.79 Å². The van der Waals surface area contributed by atoms with Gasteiger partial charge in [0.05, 0.1) is 0 Å². The molecule has 0 fully saturated rings. The van der Waals surface area contributed by atoms with E-state index < -0.39 is 0 Å². The van der Waals surface area contributed by atoms with Crippen LogP contribution >= 0.6 is 15.9 Å². The van der Waals surface area contributed by atoms with Gasteiger partial charge in [-0.2, -0.15) is 0 Å². The lowest BCUT2D eigenvalue weighted by atomic mass is 10.1. The van der Waals surface area contributed by atoms with E-state index in [4.69, 9.17) is 4.74 Å². The summed E-state index contributed by atoms with van der Waals surface area (Å²) in [5, 5.41) is 0.783. The first-order valence-electron chi connectivity index (χ1n) is 4.54. The van der Waals surface area contributed by atoms with Crippen molar-refractivity contribution in [1.82, 2.24) is 0 Å². The summed E-state index contributed by atoms with van der Waals surface area (Å²) >= 11 is 3.41. The summed E-state index contributed by atoms with van der Waals surface area (Å²) in [5.74, 6) is 0.406. The molecule has 0 radical (unpaired) electrons. The van der Waals surface area contributed by atoms with Crippen molar-refractivity contribution in [3.63, 3.8) is 0 Å². The molecule has 0 aliphatic heterocycles. The molecule has 0 spiro atoms. The van der Waals surface area contributed by atoms with E-state index in [1.807, 2.05) is 18.2 Å². The second-order valence-corrected chi connectivity index (χ2v) is 3.54. The Morgan fingerprint density at radius 1 is 1.50 bits per heavy atom. The van der Waals surface area contributed by atoms with E-state index in [0.717, 1.165) is 17.3 Å². The molecule has 0 amide bonds. The predicted molar refractivity (Wildman–Crippen MR) is 59.8 cm³/mol. The summed E-state index contributed by atoms with van der Waals surface area (Å²) in [5.41, 5.74) is 2.27. The Morgan fingerprint density at radius 2 is 2.21 bits per heavy atom.